The molecule has 3 amide bonds. The number of hydrogen-bond donors (Lipinski definition) is 1. The van der Waals surface area contributed by atoms with Gasteiger partial charge < -0.3 is 4.90 Å². The third-order valence-corrected chi connectivity index (χ3v) is 4.49. The van der Waals surface area contributed by atoms with Crippen LogP contribution >= 0.6 is 11.8 Å². The summed E-state index contributed by atoms with van der Waals surface area (Å²) in [5, 5.41) is 1.97. The number of imide groups is 1. The average Bonchev–Trinajstić information content (AvgIpc) is 2.80. The van der Waals surface area contributed by atoms with Crippen LogP contribution in [-0.2, 0) is 20.8 Å². The third kappa shape index (κ3) is 2.35. The molecular weight excluding hydrogens is 264 g/mol. The molecule has 0 radical (unpaired) electrons. The lowest BCUT2D eigenvalue weighted by Crippen LogP contribution is -2.55. The molecule has 0 bridgehead atoms. The Labute approximate surface area is 114 Å². The zero-order valence-corrected chi connectivity index (χ0v) is 10.9. The molecule has 19 heavy (non-hydrogen) atoms. The summed E-state index contributed by atoms with van der Waals surface area (Å²) >= 11 is 1.51. The summed E-state index contributed by atoms with van der Waals surface area (Å²) < 4.78 is 0. The molecule has 0 spiro atoms. The lowest BCUT2D eigenvalue weighted by Gasteiger charge is -2.27. The molecule has 1 aromatic rings. The highest BCUT2D eigenvalue weighted by Crippen LogP contribution is 2.37. The molecular formula is C13H12N2O3S. The monoisotopic (exact) mass is 276 g/mol. The van der Waals surface area contributed by atoms with Crippen LogP contribution in [0.25, 0.3) is 0 Å². The maximum atomic E-state index is 12.3. The average molecular weight is 276 g/mol. The zero-order valence-electron chi connectivity index (χ0n) is 10.1. The van der Waals surface area contributed by atoms with Crippen LogP contribution in [0.5, 0.6) is 0 Å². The molecule has 1 N–H and O–H groups in total. The highest BCUT2D eigenvalue weighted by Gasteiger charge is 2.34. The molecule has 1 saturated heterocycles. The molecule has 3 rings (SSSR count). The molecule has 6 heteroatoms. The lowest BCUT2D eigenvalue weighted by molar-refractivity contribution is -0.145. The molecule has 2 heterocycles. The maximum absolute atomic E-state index is 12.3. The molecule has 0 saturated carbocycles. The number of thioether (sulfide) groups is 1. The van der Waals surface area contributed by atoms with Crippen LogP contribution in [0.15, 0.2) is 29.2 Å². The summed E-state index contributed by atoms with van der Waals surface area (Å²) in [6.45, 7) is -0.0596. The van der Waals surface area contributed by atoms with Crippen LogP contribution < -0.4 is 5.32 Å². The number of fused-ring (bicyclic) bond motifs is 1. The molecule has 2 aliphatic heterocycles. The fraction of sp³-hybridized carbons (Fsp3) is 0.308. The second-order valence-corrected chi connectivity index (χ2v) is 5.83. The van der Waals surface area contributed by atoms with Crippen LogP contribution in [0.1, 0.15) is 5.56 Å². The maximum Gasteiger partial charge on any atom is 0.246 e. The SMILES string of the molecule is O=C1CN(C(=O)C2Cc3ccccc3S2)CC(=O)N1. The largest absolute Gasteiger partial charge is 0.323 e. The second-order valence-electron chi connectivity index (χ2n) is 4.58. The van der Waals surface area contributed by atoms with Gasteiger partial charge in [0.25, 0.3) is 0 Å². The van der Waals surface area contributed by atoms with Gasteiger partial charge in [-0.1, -0.05) is 18.2 Å². The Bertz CT molecular complexity index is 532. The van der Waals surface area contributed by atoms with Crippen molar-refractivity contribution in [3.63, 3.8) is 0 Å². The lowest BCUT2D eigenvalue weighted by atomic mass is 10.1. The predicted molar refractivity (Wildman–Crippen MR) is 69.5 cm³/mol. The van der Waals surface area contributed by atoms with E-state index in [1.165, 1.54) is 16.7 Å². The first-order valence-corrected chi connectivity index (χ1v) is 6.87. The first-order chi connectivity index (χ1) is 9.13. The smallest absolute Gasteiger partial charge is 0.246 e. The second kappa shape index (κ2) is 4.70. The minimum Gasteiger partial charge on any atom is -0.323 e. The number of benzene rings is 1. The first kappa shape index (κ1) is 12.2. The van der Waals surface area contributed by atoms with Crippen molar-refractivity contribution in [3.05, 3.63) is 29.8 Å². The Kier molecular flexibility index (Phi) is 3.02. The van der Waals surface area contributed by atoms with Gasteiger partial charge in [0.05, 0.1) is 5.25 Å². The van der Waals surface area contributed by atoms with E-state index >= 15 is 0 Å². The van der Waals surface area contributed by atoms with Gasteiger partial charge in [0.2, 0.25) is 17.7 Å². The molecule has 1 aromatic carbocycles. The minimum atomic E-state index is -0.412. The van der Waals surface area contributed by atoms with Crippen molar-refractivity contribution < 1.29 is 14.4 Å². The number of carbonyl (C=O) groups is 3. The number of piperazine rings is 1. The van der Waals surface area contributed by atoms with Crippen molar-refractivity contribution >= 4 is 29.5 Å². The van der Waals surface area contributed by atoms with Crippen molar-refractivity contribution in [1.29, 1.82) is 0 Å². The molecule has 1 unspecified atom stereocenters. The van der Waals surface area contributed by atoms with Crippen molar-refractivity contribution in [2.24, 2.45) is 0 Å². The van der Waals surface area contributed by atoms with Crippen molar-refractivity contribution in [1.82, 2.24) is 10.2 Å². The highest BCUT2D eigenvalue weighted by molar-refractivity contribution is 8.01. The van der Waals surface area contributed by atoms with Gasteiger partial charge in [-0.05, 0) is 18.1 Å². The van der Waals surface area contributed by atoms with Crippen LogP contribution in [0, 0.1) is 0 Å². The van der Waals surface area contributed by atoms with E-state index in [9.17, 15) is 14.4 Å². The van der Waals surface area contributed by atoms with Gasteiger partial charge in [0.15, 0.2) is 0 Å². The quantitative estimate of drug-likeness (QED) is 0.744. The van der Waals surface area contributed by atoms with E-state index in [0.717, 1.165) is 10.5 Å². The summed E-state index contributed by atoms with van der Waals surface area (Å²) in [5.41, 5.74) is 1.15. The van der Waals surface area contributed by atoms with Crippen LogP contribution in [-0.4, -0.2) is 41.0 Å². The summed E-state index contributed by atoms with van der Waals surface area (Å²) in [6, 6.07) is 7.88. The first-order valence-electron chi connectivity index (χ1n) is 5.99. The van der Waals surface area contributed by atoms with Gasteiger partial charge in [-0.25, -0.2) is 0 Å². The van der Waals surface area contributed by atoms with E-state index in [1.54, 1.807) is 0 Å². The highest BCUT2D eigenvalue weighted by atomic mass is 32.2. The van der Waals surface area contributed by atoms with Gasteiger partial charge >= 0.3 is 0 Å². The van der Waals surface area contributed by atoms with Crippen LogP contribution in [0.3, 0.4) is 0 Å². The molecule has 5 nitrogen and oxygen atoms in total. The number of rotatable bonds is 1. The van der Waals surface area contributed by atoms with Gasteiger partial charge in [0.1, 0.15) is 13.1 Å². The van der Waals surface area contributed by atoms with Gasteiger partial charge in [-0.3, -0.25) is 19.7 Å². The van der Waals surface area contributed by atoms with E-state index < -0.39 is 11.8 Å². The summed E-state index contributed by atoms with van der Waals surface area (Å²) in [7, 11) is 0. The Hall–Kier alpha value is -1.82. The van der Waals surface area contributed by atoms with Crippen molar-refractivity contribution in [2.75, 3.05) is 13.1 Å². The number of nitrogens with one attached hydrogen (secondary N) is 1. The van der Waals surface area contributed by atoms with Crippen LogP contribution in [0.4, 0.5) is 0 Å². The van der Waals surface area contributed by atoms with E-state index in [4.69, 9.17) is 0 Å². The van der Waals surface area contributed by atoms with Crippen LogP contribution in [0.2, 0.25) is 0 Å². The number of carbonyl (C=O) groups excluding carboxylic acids is 3. The van der Waals surface area contributed by atoms with Crippen molar-refractivity contribution in [3.8, 4) is 0 Å². The van der Waals surface area contributed by atoms with Gasteiger partial charge in [0, 0.05) is 4.90 Å². The predicted octanol–water partition coefficient (Wildman–Crippen LogP) is 0.188. The normalized spacial score (nSPS) is 22.1. The Morgan fingerprint density at radius 1 is 1.21 bits per heavy atom. The minimum absolute atomic E-state index is 0.0298. The van der Waals surface area contributed by atoms with Crippen molar-refractivity contribution in [2.45, 2.75) is 16.6 Å². The molecule has 1 atom stereocenters. The topological polar surface area (TPSA) is 66.5 Å². The fourth-order valence-corrected chi connectivity index (χ4v) is 3.60. The standard InChI is InChI=1S/C13H12N2O3S/c16-11-6-15(7-12(17)14-11)13(18)10-5-8-3-1-2-4-9(8)19-10/h1-4,10H,5-7H2,(H,14,16,17). The van der Waals surface area contributed by atoms with E-state index in [2.05, 4.69) is 5.32 Å². The number of amides is 3. The molecule has 98 valence electrons. The Morgan fingerprint density at radius 2 is 1.89 bits per heavy atom. The Morgan fingerprint density at radius 3 is 2.58 bits per heavy atom. The molecule has 0 aliphatic carbocycles. The van der Waals surface area contributed by atoms with E-state index in [1.807, 2.05) is 24.3 Å². The van der Waals surface area contributed by atoms with Gasteiger partial charge in [-0.15, -0.1) is 11.8 Å². The number of nitrogens with zero attached hydrogens (tertiary/aromatic N) is 1. The third-order valence-electron chi connectivity index (χ3n) is 3.18. The number of hydrogen-bond acceptors (Lipinski definition) is 4. The molecule has 1 fully saturated rings. The van der Waals surface area contributed by atoms with Gasteiger partial charge in [-0.2, -0.15) is 0 Å². The van der Waals surface area contributed by atoms with E-state index in [0.29, 0.717) is 6.42 Å². The fourth-order valence-electron chi connectivity index (χ4n) is 2.32. The van der Waals surface area contributed by atoms with E-state index in [-0.39, 0.29) is 24.2 Å². The summed E-state index contributed by atoms with van der Waals surface area (Å²) in [5.74, 6) is -0.959. The Balaban J connectivity index is 1.73. The zero-order chi connectivity index (χ0) is 13.4. The summed E-state index contributed by atoms with van der Waals surface area (Å²) in [6.07, 6.45) is 0.659. The summed E-state index contributed by atoms with van der Waals surface area (Å²) in [4.78, 5) is 37.4. The molecule has 0 aromatic heterocycles. The molecule has 2 aliphatic rings.